The number of rotatable bonds is 7. The van der Waals surface area contributed by atoms with E-state index in [1.807, 2.05) is 30.3 Å². The molecule has 0 saturated carbocycles. The first kappa shape index (κ1) is 15.8. The Bertz CT molecular complexity index is 558. The van der Waals surface area contributed by atoms with Crippen molar-refractivity contribution in [1.82, 2.24) is 5.32 Å². The lowest BCUT2D eigenvalue weighted by Gasteiger charge is -2.10. The first-order valence-electron chi connectivity index (χ1n) is 6.82. The van der Waals surface area contributed by atoms with Crippen LogP contribution >= 0.6 is 0 Å². The number of carbonyl (C=O) groups is 1. The quantitative estimate of drug-likeness (QED) is 0.579. The van der Waals surface area contributed by atoms with E-state index in [1.54, 1.807) is 0 Å². The molecule has 2 rings (SSSR count). The van der Waals surface area contributed by atoms with E-state index in [0.717, 1.165) is 5.75 Å². The van der Waals surface area contributed by atoms with E-state index < -0.39 is 15.8 Å². The van der Waals surface area contributed by atoms with Gasteiger partial charge in [-0.05, 0) is 18.6 Å². The summed E-state index contributed by atoms with van der Waals surface area (Å²) in [5.41, 5.74) is 0. The van der Waals surface area contributed by atoms with Crippen molar-refractivity contribution >= 4 is 15.8 Å². The van der Waals surface area contributed by atoms with Gasteiger partial charge in [-0.2, -0.15) is 0 Å². The van der Waals surface area contributed by atoms with Crippen LogP contribution in [0.25, 0.3) is 0 Å². The molecule has 0 radical (unpaired) electrons. The van der Waals surface area contributed by atoms with Gasteiger partial charge in [0.1, 0.15) is 19.0 Å². The molecule has 0 spiro atoms. The minimum atomic E-state index is -2.93. The van der Waals surface area contributed by atoms with E-state index >= 15 is 0 Å². The van der Waals surface area contributed by atoms with Gasteiger partial charge in [-0.15, -0.1) is 0 Å². The van der Waals surface area contributed by atoms with Crippen molar-refractivity contribution in [3.63, 3.8) is 0 Å². The van der Waals surface area contributed by atoms with E-state index in [4.69, 9.17) is 9.47 Å². The highest BCUT2D eigenvalue weighted by Gasteiger charge is 2.27. The predicted molar refractivity (Wildman–Crippen MR) is 78.0 cm³/mol. The number of ether oxygens (including phenoxy) is 2. The average Bonchev–Trinajstić information content (AvgIpc) is 2.82. The molecule has 1 aliphatic rings. The number of nitrogens with one attached hydrogen (secondary N) is 1. The molecule has 21 heavy (non-hydrogen) atoms. The highest BCUT2D eigenvalue weighted by Crippen LogP contribution is 2.11. The Labute approximate surface area is 124 Å². The lowest BCUT2D eigenvalue weighted by atomic mass is 10.3. The minimum Gasteiger partial charge on any atom is -0.490 e. The average molecular weight is 313 g/mol. The zero-order chi connectivity index (χ0) is 15.1. The second kappa shape index (κ2) is 7.42. The van der Waals surface area contributed by atoms with Gasteiger partial charge in [0, 0.05) is 6.04 Å². The first-order chi connectivity index (χ1) is 10.1. The summed E-state index contributed by atoms with van der Waals surface area (Å²) in [5.74, 6) is 0.598. The summed E-state index contributed by atoms with van der Waals surface area (Å²) in [6.45, 7) is 0.470. The number of carbonyl (C=O) groups excluding carboxylic acids is 1. The lowest BCUT2D eigenvalue weighted by molar-refractivity contribution is -0.143. The summed E-state index contributed by atoms with van der Waals surface area (Å²) >= 11 is 0. The normalized spacial score (nSPS) is 20.1. The molecule has 1 heterocycles. The molecule has 0 aromatic heterocycles. The molecular formula is C14H19NO5S. The molecule has 0 aliphatic carbocycles. The number of esters is 1. The SMILES string of the molecule is O=C(CNC1CCS(=O)(=O)C1)OCCOc1ccccc1. The highest BCUT2D eigenvalue weighted by molar-refractivity contribution is 7.91. The van der Waals surface area contributed by atoms with Crippen molar-refractivity contribution in [2.75, 3.05) is 31.3 Å². The molecule has 6 nitrogen and oxygen atoms in total. The van der Waals surface area contributed by atoms with Gasteiger partial charge >= 0.3 is 5.97 Å². The highest BCUT2D eigenvalue weighted by atomic mass is 32.2. The van der Waals surface area contributed by atoms with Crippen molar-refractivity contribution in [1.29, 1.82) is 0 Å². The molecule has 1 atom stereocenters. The maximum absolute atomic E-state index is 11.5. The molecule has 1 unspecified atom stereocenters. The number of para-hydroxylation sites is 1. The molecule has 1 aromatic rings. The van der Waals surface area contributed by atoms with Crippen LogP contribution in [0.1, 0.15) is 6.42 Å². The maximum atomic E-state index is 11.5. The van der Waals surface area contributed by atoms with E-state index in [-0.39, 0.29) is 37.3 Å². The molecule has 1 fully saturated rings. The van der Waals surface area contributed by atoms with Gasteiger partial charge in [-0.1, -0.05) is 18.2 Å². The second-order valence-corrected chi connectivity index (χ2v) is 7.09. The Kier molecular flexibility index (Phi) is 5.58. The van der Waals surface area contributed by atoms with Gasteiger partial charge in [0.05, 0.1) is 18.1 Å². The van der Waals surface area contributed by atoms with Crippen molar-refractivity contribution in [2.24, 2.45) is 0 Å². The van der Waals surface area contributed by atoms with Crippen LogP contribution in [0, 0.1) is 0 Å². The van der Waals surface area contributed by atoms with Crippen LogP contribution in [-0.4, -0.2) is 51.7 Å². The molecule has 0 amide bonds. The third-order valence-electron chi connectivity index (χ3n) is 3.13. The Morgan fingerprint density at radius 3 is 2.67 bits per heavy atom. The lowest BCUT2D eigenvalue weighted by Crippen LogP contribution is -2.35. The molecule has 1 aliphatic heterocycles. The number of hydrogen-bond donors (Lipinski definition) is 1. The van der Waals surface area contributed by atoms with Gasteiger partial charge in [-0.25, -0.2) is 8.42 Å². The largest absolute Gasteiger partial charge is 0.490 e. The fraction of sp³-hybridized carbons (Fsp3) is 0.500. The summed E-state index contributed by atoms with van der Waals surface area (Å²) < 4.78 is 32.9. The zero-order valence-corrected chi connectivity index (χ0v) is 12.5. The van der Waals surface area contributed by atoms with Crippen LogP contribution in [0.15, 0.2) is 30.3 Å². The summed E-state index contributed by atoms with van der Waals surface area (Å²) in [4.78, 5) is 11.5. The third kappa shape index (κ3) is 5.73. The molecule has 1 aromatic carbocycles. The van der Waals surface area contributed by atoms with Crippen LogP contribution in [0.3, 0.4) is 0 Å². The summed E-state index contributed by atoms with van der Waals surface area (Å²) in [6, 6.07) is 9.11. The number of sulfone groups is 1. The van der Waals surface area contributed by atoms with E-state index in [1.165, 1.54) is 0 Å². The van der Waals surface area contributed by atoms with Gasteiger partial charge in [0.2, 0.25) is 0 Å². The third-order valence-corrected chi connectivity index (χ3v) is 4.89. The van der Waals surface area contributed by atoms with Gasteiger partial charge < -0.3 is 14.8 Å². The minimum absolute atomic E-state index is 0.0194. The number of hydrogen-bond acceptors (Lipinski definition) is 6. The van der Waals surface area contributed by atoms with Crippen LogP contribution in [-0.2, 0) is 19.4 Å². The predicted octanol–water partition coefficient (Wildman–Crippen LogP) is 0.385. The Hall–Kier alpha value is -1.60. The summed E-state index contributed by atoms with van der Waals surface area (Å²) in [7, 11) is -2.93. The van der Waals surface area contributed by atoms with Crippen LogP contribution in [0.4, 0.5) is 0 Å². The van der Waals surface area contributed by atoms with Crippen molar-refractivity contribution in [3.8, 4) is 5.75 Å². The fourth-order valence-corrected chi connectivity index (χ4v) is 3.77. The molecule has 7 heteroatoms. The second-order valence-electron chi connectivity index (χ2n) is 4.86. The van der Waals surface area contributed by atoms with Crippen molar-refractivity contribution < 1.29 is 22.7 Å². The molecular weight excluding hydrogens is 294 g/mol. The van der Waals surface area contributed by atoms with E-state index in [9.17, 15) is 13.2 Å². The Balaban J connectivity index is 1.56. The first-order valence-corrected chi connectivity index (χ1v) is 8.64. The van der Waals surface area contributed by atoms with E-state index in [2.05, 4.69) is 5.32 Å². The van der Waals surface area contributed by atoms with Crippen molar-refractivity contribution in [3.05, 3.63) is 30.3 Å². The Morgan fingerprint density at radius 2 is 2.00 bits per heavy atom. The molecule has 116 valence electrons. The fourth-order valence-electron chi connectivity index (χ4n) is 2.07. The molecule has 0 bridgehead atoms. The Morgan fingerprint density at radius 1 is 1.24 bits per heavy atom. The number of benzene rings is 1. The standard InChI is InChI=1S/C14H19NO5S/c16-14(10-15-12-6-9-21(17,18)11-12)20-8-7-19-13-4-2-1-3-5-13/h1-5,12,15H,6-11H2. The monoisotopic (exact) mass is 313 g/mol. The van der Waals surface area contributed by atoms with Crippen molar-refractivity contribution in [2.45, 2.75) is 12.5 Å². The zero-order valence-electron chi connectivity index (χ0n) is 11.7. The molecule has 1 saturated heterocycles. The van der Waals surface area contributed by atoms with Gasteiger partial charge in [0.15, 0.2) is 9.84 Å². The maximum Gasteiger partial charge on any atom is 0.320 e. The van der Waals surface area contributed by atoms with E-state index in [0.29, 0.717) is 6.42 Å². The van der Waals surface area contributed by atoms with Crippen LogP contribution in [0.5, 0.6) is 5.75 Å². The molecule has 1 N–H and O–H groups in total. The van der Waals surface area contributed by atoms with Crippen LogP contribution in [0.2, 0.25) is 0 Å². The van der Waals surface area contributed by atoms with Gasteiger partial charge in [-0.3, -0.25) is 4.79 Å². The van der Waals surface area contributed by atoms with Crippen LogP contribution < -0.4 is 10.1 Å². The summed E-state index contributed by atoms with van der Waals surface area (Å²) in [6.07, 6.45) is 0.548. The smallest absolute Gasteiger partial charge is 0.320 e. The topological polar surface area (TPSA) is 81.7 Å². The van der Waals surface area contributed by atoms with Gasteiger partial charge in [0.25, 0.3) is 0 Å². The summed E-state index contributed by atoms with van der Waals surface area (Å²) in [5, 5.41) is 2.90.